The van der Waals surface area contributed by atoms with Crippen molar-refractivity contribution in [2.24, 2.45) is 24.3 Å². The molecule has 1 aromatic heterocycles. The molecule has 0 aliphatic heterocycles. The lowest BCUT2D eigenvalue weighted by atomic mass is 9.87. The number of esters is 1. The fraction of sp³-hybridized carbons (Fsp3) is 0.366. The summed E-state index contributed by atoms with van der Waals surface area (Å²) in [6.45, 7) is 12.3. The number of allylic oxidation sites excluding steroid dienone is 2. The molecule has 1 fully saturated rings. The molecule has 1 amide bonds. The van der Waals surface area contributed by atoms with Crippen LogP contribution in [0.1, 0.15) is 80.5 Å². The molecule has 1 saturated carbocycles. The number of ether oxygens (including phenoxy) is 2. The molecule has 13 heteroatoms. The van der Waals surface area contributed by atoms with E-state index < -0.39 is 40.5 Å². The van der Waals surface area contributed by atoms with E-state index >= 15 is 0 Å². The number of carbonyl (C=O) groups is 2. The molecule has 4 aromatic rings. The van der Waals surface area contributed by atoms with E-state index in [0.717, 1.165) is 17.3 Å². The van der Waals surface area contributed by atoms with Gasteiger partial charge in [-0.05, 0) is 58.6 Å². The van der Waals surface area contributed by atoms with Crippen molar-refractivity contribution in [3.8, 4) is 17.6 Å². The van der Waals surface area contributed by atoms with Gasteiger partial charge in [-0.1, -0.05) is 125 Å². The van der Waals surface area contributed by atoms with Crippen LogP contribution in [0, 0.1) is 28.6 Å². The number of hydrogen-bond acceptors (Lipinski definition) is 6. The number of hydrogen-bond donors (Lipinski definition) is 1. The van der Waals surface area contributed by atoms with E-state index in [9.17, 15) is 28.0 Å². The second-order valence-corrected chi connectivity index (χ2v) is 15.3. The van der Waals surface area contributed by atoms with E-state index in [0.29, 0.717) is 40.7 Å². The summed E-state index contributed by atoms with van der Waals surface area (Å²) in [5.74, 6) is -1.47. The van der Waals surface area contributed by atoms with Crippen LogP contribution in [-0.2, 0) is 35.0 Å². The van der Waals surface area contributed by atoms with Gasteiger partial charge in [0, 0.05) is 19.2 Å². The maximum absolute atomic E-state index is 12.7. The lowest BCUT2D eigenvalue weighted by Gasteiger charge is -2.19. The number of halogens is 5. The monoisotopic (exact) mass is 782 g/mol. The van der Waals surface area contributed by atoms with E-state index in [1.165, 1.54) is 5.56 Å². The first kappa shape index (κ1) is 42.0. The van der Waals surface area contributed by atoms with Crippen LogP contribution in [-0.4, -0.2) is 27.8 Å². The minimum atomic E-state index is -4.68. The normalized spacial score (nSPS) is 17.0. The van der Waals surface area contributed by atoms with Gasteiger partial charge in [0.2, 0.25) is 6.10 Å². The molecule has 1 N–H and O–H groups in total. The van der Waals surface area contributed by atoms with Crippen molar-refractivity contribution < 1.29 is 32.2 Å². The summed E-state index contributed by atoms with van der Waals surface area (Å²) in [5.41, 5.74) is 3.24. The van der Waals surface area contributed by atoms with E-state index in [1.54, 1.807) is 62.0 Å². The van der Waals surface area contributed by atoms with Crippen LogP contribution in [0.2, 0.25) is 5.02 Å². The molecule has 286 valence electrons. The fourth-order valence-corrected chi connectivity index (χ4v) is 6.35. The van der Waals surface area contributed by atoms with Crippen molar-refractivity contribution in [3.63, 3.8) is 0 Å². The third kappa shape index (κ3) is 10.5. The van der Waals surface area contributed by atoms with Gasteiger partial charge in [-0.25, -0.2) is 0 Å². The number of aryl methyl sites for hydroxylation is 2. The second-order valence-electron chi connectivity index (χ2n) is 14.5. The zero-order valence-electron chi connectivity index (χ0n) is 31.1. The molecule has 1 aliphatic rings. The third-order valence-electron chi connectivity index (χ3n) is 9.13. The third-order valence-corrected chi connectivity index (χ3v) is 9.87. The minimum absolute atomic E-state index is 0.126. The zero-order chi connectivity index (χ0) is 40.0. The lowest BCUT2D eigenvalue weighted by Crippen LogP contribution is -2.25. The van der Waals surface area contributed by atoms with Crippen molar-refractivity contribution in [2.45, 2.75) is 72.2 Å². The number of aromatic nitrogens is 2. The maximum atomic E-state index is 12.7. The van der Waals surface area contributed by atoms with Gasteiger partial charge in [0.15, 0.2) is 0 Å². The van der Waals surface area contributed by atoms with E-state index in [2.05, 4.69) is 43.3 Å². The van der Waals surface area contributed by atoms with Crippen molar-refractivity contribution in [1.82, 2.24) is 15.1 Å². The van der Waals surface area contributed by atoms with Crippen molar-refractivity contribution >= 4 is 35.1 Å². The zero-order valence-corrected chi connectivity index (χ0v) is 32.6. The number of benzene rings is 3. The largest absolute Gasteiger partial charge is 0.457 e. The number of nitriles is 1. The molecule has 8 nitrogen and oxygen atoms in total. The summed E-state index contributed by atoms with van der Waals surface area (Å²) >= 11 is 11.6. The first-order chi connectivity index (χ1) is 25.3. The second kappa shape index (κ2) is 17.1. The van der Waals surface area contributed by atoms with Crippen molar-refractivity contribution in [1.29, 1.82) is 5.26 Å². The Morgan fingerprint density at radius 2 is 1.67 bits per heavy atom. The number of rotatable bonds is 10. The van der Waals surface area contributed by atoms with Crippen LogP contribution in [0.3, 0.4) is 0 Å². The molecular weight excluding hydrogens is 740 g/mol. The quantitative estimate of drug-likeness (QED) is 0.161. The Labute approximate surface area is 323 Å². The average molecular weight is 784 g/mol. The van der Waals surface area contributed by atoms with Crippen LogP contribution in [0.4, 0.5) is 13.2 Å². The van der Waals surface area contributed by atoms with Gasteiger partial charge >= 0.3 is 12.1 Å². The molecule has 54 heavy (non-hydrogen) atoms. The molecule has 0 spiro atoms. The number of carbonyl (C=O) groups excluding carboxylic acids is 2. The number of amides is 1. The van der Waals surface area contributed by atoms with Gasteiger partial charge in [-0.2, -0.15) is 23.5 Å². The summed E-state index contributed by atoms with van der Waals surface area (Å²) in [5, 5.41) is 15.9. The van der Waals surface area contributed by atoms with E-state index in [1.807, 2.05) is 43.3 Å². The van der Waals surface area contributed by atoms with Gasteiger partial charge < -0.3 is 14.8 Å². The maximum Gasteiger partial charge on any atom is 0.426 e. The first-order valence-electron chi connectivity index (χ1n) is 17.2. The number of alkyl halides is 3. The molecule has 3 aromatic carbocycles. The summed E-state index contributed by atoms with van der Waals surface area (Å²) < 4.78 is 50.8. The van der Waals surface area contributed by atoms with E-state index in [4.69, 9.17) is 32.7 Å². The predicted octanol–water partition coefficient (Wildman–Crippen LogP) is 10.4. The van der Waals surface area contributed by atoms with Crippen LogP contribution < -0.4 is 10.1 Å². The molecule has 1 heterocycles. The smallest absolute Gasteiger partial charge is 0.426 e. The SMILES string of the molecule is CC1(C)[C@H](C(=O)OC(C#N)c2cccc(Oc3ccccc3)c2)[C@@H]1/C=C(\Cl)C(F)(F)F.CCc1nn(C)c(C(=O)NCc2ccc(C(C)(C)C)cc2)c1Cl. The van der Waals surface area contributed by atoms with Crippen LogP contribution in [0.15, 0.2) is 90.0 Å². The molecule has 3 atom stereocenters. The highest BCUT2D eigenvalue weighted by molar-refractivity contribution is 6.34. The molecule has 5 rings (SSSR count). The van der Waals surface area contributed by atoms with Crippen LogP contribution in [0.5, 0.6) is 11.5 Å². The Bertz CT molecular complexity index is 2010. The summed E-state index contributed by atoms with van der Waals surface area (Å²) in [4.78, 5) is 25.0. The van der Waals surface area contributed by atoms with Gasteiger partial charge in [-0.3, -0.25) is 14.3 Å². The molecule has 0 bridgehead atoms. The van der Waals surface area contributed by atoms with Gasteiger partial charge in [0.25, 0.3) is 5.91 Å². The number of para-hydroxylation sites is 1. The Balaban J connectivity index is 0.000000252. The topological polar surface area (TPSA) is 106 Å². The summed E-state index contributed by atoms with van der Waals surface area (Å²) in [7, 11) is 1.73. The highest BCUT2D eigenvalue weighted by Gasteiger charge is 2.62. The summed E-state index contributed by atoms with van der Waals surface area (Å²) in [6.07, 6.45) is -4.37. The Morgan fingerprint density at radius 1 is 1.04 bits per heavy atom. The Kier molecular flexibility index (Phi) is 13.3. The highest BCUT2D eigenvalue weighted by Crippen LogP contribution is 2.60. The molecule has 0 saturated heterocycles. The first-order valence-corrected chi connectivity index (χ1v) is 18.0. The van der Waals surface area contributed by atoms with Gasteiger partial charge in [-0.15, -0.1) is 0 Å². The van der Waals surface area contributed by atoms with Crippen molar-refractivity contribution in [3.05, 3.63) is 123 Å². The Hall–Kier alpha value is -4.79. The average Bonchev–Trinajstić information content (AvgIpc) is 3.52. The predicted molar refractivity (Wildman–Crippen MR) is 202 cm³/mol. The van der Waals surface area contributed by atoms with Gasteiger partial charge in [0.1, 0.15) is 28.3 Å². The fourth-order valence-electron chi connectivity index (χ4n) is 5.83. The highest BCUT2D eigenvalue weighted by atomic mass is 35.5. The van der Waals surface area contributed by atoms with Crippen LogP contribution >= 0.6 is 23.2 Å². The molecular formula is C41H43Cl2F3N4O4. The van der Waals surface area contributed by atoms with Gasteiger partial charge in [0.05, 0.1) is 16.6 Å². The number of nitrogens with zero attached hydrogens (tertiary/aromatic N) is 3. The lowest BCUT2D eigenvalue weighted by molar-refractivity contribution is -0.149. The summed E-state index contributed by atoms with van der Waals surface area (Å²) in [6, 6.07) is 25.7. The van der Waals surface area contributed by atoms with Crippen molar-refractivity contribution in [2.75, 3.05) is 0 Å². The molecule has 1 aliphatic carbocycles. The molecule has 1 unspecified atom stereocenters. The molecule has 0 radical (unpaired) electrons. The Morgan fingerprint density at radius 3 is 2.22 bits per heavy atom. The minimum Gasteiger partial charge on any atom is -0.457 e. The standard InChI is InChI=1S/C23H19ClF3NO3.C18H24ClN3O/c1-22(2)17(12-19(24)23(25,26)27)20(22)21(29)31-18(13-28)14-7-6-10-16(11-14)30-15-8-4-3-5-9-15;1-6-14-15(19)16(22(5)21-14)17(23)20-11-12-7-9-13(10-8-12)18(2,3)4/h3-12,17-18,20H,1-2H3;7-10H,6,11H2,1-5H3,(H,20,23)/b19-12-;/t17-,18?,20-;/m0./s1. The van der Waals surface area contributed by atoms with Crippen LogP contribution in [0.25, 0.3) is 0 Å². The number of nitrogens with one attached hydrogen (secondary N) is 1. The van der Waals surface area contributed by atoms with E-state index in [-0.39, 0.29) is 11.3 Å².